The number of carbonyl (C=O) groups excluding carboxylic acids is 3. The first kappa shape index (κ1) is 16.7. The number of nitrogens with one attached hydrogen (secondary N) is 2. The fourth-order valence-corrected chi connectivity index (χ4v) is 2.60. The van der Waals surface area contributed by atoms with Gasteiger partial charge in [-0.1, -0.05) is 30.3 Å². The van der Waals surface area contributed by atoms with Gasteiger partial charge in [-0.3, -0.25) is 19.6 Å². The molecule has 1 heterocycles. The standard InChI is InChI=1S/C16H19N3O4/c1-11(20)19-10-13(9-14(19)16(22)18-23)17-15(21)8-7-12-5-3-2-4-6-12/h2-8,13-14,23H,9-10H2,1H3,(H,17,21)(H,18,22)/b8-7+/t13-,14-/m0/s1. The minimum Gasteiger partial charge on any atom is -0.348 e. The van der Waals surface area contributed by atoms with E-state index in [0.717, 1.165) is 5.56 Å². The van der Waals surface area contributed by atoms with Gasteiger partial charge in [-0.05, 0) is 18.1 Å². The maximum atomic E-state index is 11.9. The van der Waals surface area contributed by atoms with Gasteiger partial charge < -0.3 is 10.2 Å². The SMILES string of the molecule is CC(=O)N1C[C@@H](NC(=O)/C=C/c2ccccc2)C[C@H]1C(=O)NO. The third-order valence-corrected chi connectivity index (χ3v) is 3.69. The molecule has 2 atom stereocenters. The largest absolute Gasteiger partial charge is 0.348 e. The zero-order valence-corrected chi connectivity index (χ0v) is 12.7. The van der Waals surface area contributed by atoms with Crippen molar-refractivity contribution in [2.75, 3.05) is 6.54 Å². The maximum Gasteiger partial charge on any atom is 0.266 e. The highest BCUT2D eigenvalue weighted by Crippen LogP contribution is 2.18. The maximum absolute atomic E-state index is 11.9. The Morgan fingerprint density at radius 3 is 2.57 bits per heavy atom. The Balaban J connectivity index is 1.95. The molecule has 0 unspecified atom stereocenters. The highest BCUT2D eigenvalue weighted by atomic mass is 16.5. The average Bonchev–Trinajstić information content (AvgIpc) is 2.97. The van der Waals surface area contributed by atoms with Crippen LogP contribution in [-0.4, -0.2) is 46.5 Å². The zero-order chi connectivity index (χ0) is 16.8. The summed E-state index contributed by atoms with van der Waals surface area (Å²) in [4.78, 5) is 36.4. The van der Waals surface area contributed by atoms with E-state index in [1.165, 1.54) is 17.9 Å². The van der Waals surface area contributed by atoms with Crippen LogP contribution in [0, 0.1) is 0 Å². The van der Waals surface area contributed by atoms with Gasteiger partial charge in [-0.15, -0.1) is 0 Å². The Kier molecular flexibility index (Phi) is 5.48. The summed E-state index contributed by atoms with van der Waals surface area (Å²) in [6, 6.07) is 8.26. The summed E-state index contributed by atoms with van der Waals surface area (Å²) >= 11 is 0. The first-order valence-electron chi connectivity index (χ1n) is 7.26. The molecule has 1 aromatic rings. The van der Waals surface area contributed by atoms with Crippen LogP contribution in [0.4, 0.5) is 0 Å². The van der Waals surface area contributed by atoms with Gasteiger partial charge in [0, 0.05) is 25.6 Å². The van der Waals surface area contributed by atoms with Crippen LogP contribution in [0.25, 0.3) is 6.08 Å². The van der Waals surface area contributed by atoms with Crippen LogP contribution in [0.2, 0.25) is 0 Å². The fourth-order valence-electron chi connectivity index (χ4n) is 2.60. The van der Waals surface area contributed by atoms with E-state index in [-0.39, 0.29) is 30.8 Å². The lowest BCUT2D eigenvalue weighted by Gasteiger charge is -2.20. The van der Waals surface area contributed by atoms with E-state index in [2.05, 4.69) is 5.32 Å². The fraction of sp³-hybridized carbons (Fsp3) is 0.312. The molecular weight excluding hydrogens is 298 g/mol. The Labute approximate surface area is 133 Å². The van der Waals surface area contributed by atoms with Gasteiger partial charge in [-0.2, -0.15) is 0 Å². The summed E-state index contributed by atoms with van der Waals surface area (Å²) in [6.07, 6.45) is 3.36. The van der Waals surface area contributed by atoms with E-state index in [1.54, 1.807) is 11.6 Å². The van der Waals surface area contributed by atoms with Crippen molar-refractivity contribution in [1.29, 1.82) is 0 Å². The van der Waals surface area contributed by atoms with Gasteiger partial charge >= 0.3 is 0 Å². The molecule has 1 aliphatic heterocycles. The van der Waals surface area contributed by atoms with Crippen molar-refractivity contribution < 1.29 is 19.6 Å². The van der Waals surface area contributed by atoms with Crippen molar-refractivity contribution in [3.05, 3.63) is 42.0 Å². The second kappa shape index (κ2) is 7.55. The molecule has 1 aliphatic rings. The molecule has 1 fully saturated rings. The number of hydrogen-bond donors (Lipinski definition) is 3. The van der Waals surface area contributed by atoms with E-state index in [4.69, 9.17) is 5.21 Å². The molecule has 2 rings (SSSR count). The predicted octanol–water partition coefficient (Wildman–Crippen LogP) is 0.311. The minimum absolute atomic E-state index is 0.234. The number of benzene rings is 1. The molecule has 23 heavy (non-hydrogen) atoms. The number of amides is 3. The lowest BCUT2D eigenvalue weighted by Crippen LogP contribution is -2.44. The number of likely N-dealkylation sites (tertiary alicyclic amines) is 1. The Morgan fingerprint density at radius 1 is 1.26 bits per heavy atom. The van der Waals surface area contributed by atoms with Gasteiger partial charge in [0.25, 0.3) is 5.91 Å². The molecule has 7 heteroatoms. The van der Waals surface area contributed by atoms with Crippen molar-refractivity contribution in [2.45, 2.75) is 25.4 Å². The summed E-state index contributed by atoms with van der Waals surface area (Å²) in [5.41, 5.74) is 2.45. The highest BCUT2D eigenvalue weighted by molar-refractivity contribution is 5.92. The molecule has 1 saturated heterocycles. The number of hydroxylamine groups is 1. The topological polar surface area (TPSA) is 98.7 Å². The van der Waals surface area contributed by atoms with E-state index in [9.17, 15) is 14.4 Å². The van der Waals surface area contributed by atoms with Crippen LogP contribution in [0.3, 0.4) is 0 Å². The van der Waals surface area contributed by atoms with Crippen LogP contribution in [0.5, 0.6) is 0 Å². The predicted molar refractivity (Wildman–Crippen MR) is 83.1 cm³/mol. The number of nitrogens with zero attached hydrogens (tertiary/aromatic N) is 1. The molecule has 0 aromatic heterocycles. The van der Waals surface area contributed by atoms with Crippen molar-refractivity contribution in [1.82, 2.24) is 15.7 Å². The molecule has 3 N–H and O–H groups in total. The summed E-state index contributed by atoms with van der Waals surface area (Å²) in [6.45, 7) is 1.58. The monoisotopic (exact) mass is 317 g/mol. The molecule has 0 aliphatic carbocycles. The second-order valence-electron chi connectivity index (χ2n) is 5.35. The number of rotatable bonds is 4. The van der Waals surface area contributed by atoms with Crippen LogP contribution < -0.4 is 10.8 Å². The minimum atomic E-state index is -0.777. The first-order valence-corrected chi connectivity index (χ1v) is 7.26. The second-order valence-corrected chi connectivity index (χ2v) is 5.35. The molecule has 1 aromatic carbocycles. The van der Waals surface area contributed by atoms with Gasteiger partial charge in [0.15, 0.2) is 0 Å². The van der Waals surface area contributed by atoms with Crippen molar-refractivity contribution >= 4 is 23.8 Å². The van der Waals surface area contributed by atoms with E-state index < -0.39 is 11.9 Å². The lowest BCUT2D eigenvalue weighted by molar-refractivity contribution is -0.141. The van der Waals surface area contributed by atoms with Gasteiger partial charge in [0.2, 0.25) is 11.8 Å². The molecule has 3 amide bonds. The summed E-state index contributed by atoms with van der Waals surface area (Å²) in [7, 11) is 0. The Hall–Kier alpha value is -2.67. The van der Waals surface area contributed by atoms with Crippen LogP contribution >= 0.6 is 0 Å². The quantitative estimate of drug-likeness (QED) is 0.423. The Bertz CT molecular complexity index is 615. The molecule has 122 valence electrons. The van der Waals surface area contributed by atoms with Gasteiger partial charge in [0.05, 0.1) is 0 Å². The normalized spacial score (nSPS) is 20.5. The number of hydrogen-bond acceptors (Lipinski definition) is 4. The van der Waals surface area contributed by atoms with Crippen LogP contribution in [-0.2, 0) is 14.4 Å². The van der Waals surface area contributed by atoms with E-state index in [0.29, 0.717) is 0 Å². The molecule has 0 bridgehead atoms. The molecule has 0 spiro atoms. The van der Waals surface area contributed by atoms with E-state index >= 15 is 0 Å². The average molecular weight is 317 g/mol. The lowest BCUT2D eigenvalue weighted by atomic mass is 10.1. The number of carbonyl (C=O) groups is 3. The summed E-state index contributed by atoms with van der Waals surface area (Å²) in [5, 5.41) is 11.5. The van der Waals surface area contributed by atoms with Gasteiger partial charge in [0.1, 0.15) is 6.04 Å². The van der Waals surface area contributed by atoms with Crippen LogP contribution in [0.1, 0.15) is 18.9 Å². The van der Waals surface area contributed by atoms with Crippen molar-refractivity contribution in [3.8, 4) is 0 Å². The first-order chi connectivity index (χ1) is 11.0. The molecule has 0 radical (unpaired) electrons. The molecule has 0 saturated carbocycles. The Morgan fingerprint density at radius 2 is 1.96 bits per heavy atom. The smallest absolute Gasteiger partial charge is 0.266 e. The van der Waals surface area contributed by atoms with Crippen molar-refractivity contribution in [3.63, 3.8) is 0 Å². The van der Waals surface area contributed by atoms with Crippen LogP contribution in [0.15, 0.2) is 36.4 Å². The van der Waals surface area contributed by atoms with E-state index in [1.807, 2.05) is 30.3 Å². The molecular formula is C16H19N3O4. The highest BCUT2D eigenvalue weighted by Gasteiger charge is 2.38. The van der Waals surface area contributed by atoms with Crippen molar-refractivity contribution in [2.24, 2.45) is 0 Å². The third kappa shape index (κ3) is 4.40. The zero-order valence-electron chi connectivity index (χ0n) is 12.7. The van der Waals surface area contributed by atoms with Gasteiger partial charge in [-0.25, -0.2) is 5.48 Å². The summed E-state index contributed by atoms with van der Waals surface area (Å²) in [5.74, 6) is -1.24. The third-order valence-electron chi connectivity index (χ3n) is 3.69. The summed E-state index contributed by atoms with van der Waals surface area (Å²) < 4.78 is 0. The molecule has 7 nitrogen and oxygen atoms in total.